The number of carbonyl (C=O) groups excluding carboxylic acids is 1. The van der Waals surface area contributed by atoms with Crippen LogP contribution in [0.3, 0.4) is 0 Å². The topological polar surface area (TPSA) is 94.2 Å². The predicted molar refractivity (Wildman–Crippen MR) is 142 cm³/mol. The van der Waals surface area contributed by atoms with Crippen molar-refractivity contribution in [2.75, 3.05) is 25.1 Å². The van der Waals surface area contributed by atoms with Gasteiger partial charge >= 0.3 is 0 Å². The number of methoxy groups -OCH3 is 2. The lowest BCUT2D eigenvalue weighted by Crippen LogP contribution is -2.45. The summed E-state index contributed by atoms with van der Waals surface area (Å²) in [5, 5.41) is 3.04. The van der Waals surface area contributed by atoms with E-state index >= 15 is 0 Å². The number of anilines is 1. The van der Waals surface area contributed by atoms with Gasteiger partial charge in [-0.25, -0.2) is 8.42 Å². The number of amides is 1. The summed E-state index contributed by atoms with van der Waals surface area (Å²) in [6.07, 6.45) is 0.544. The minimum absolute atomic E-state index is 0.0175. The first kappa shape index (κ1) is 26.3. The number of fused-ring (bicyclic) bond motifs is 1. The molecule has 9 heteroatoms. The Labute approximate surface area is 218 Å². The SMILES string of the molecule is COc1ccc(S(=O)(=O)N(CC(=O)NC2CC(C)(C)Oc3ccccc32)c2ccc(C)cc2)cc1OC. The van der Waals surface area contributed by atoms with Crippen LogP contribution in [0.15, 0.2) is 71.6 Å². The highest BCUT2D eigenvalue weighted by Gasteiger charge is 2.35. The van der Waals surface area contributed by atoms with Gasteiger partial charge < -0.3 is 19.5 Å². The van der Waals surface area contributed by atoms with Crippen molar-refractivity contribution in [3.8, 4) is 17.2 Å². The maximum Gasteiger partial charge on any atom is 0.264 e. The van der Waals surface area contributed by atoms with Gasteiger partial charge in [0.2, 0.25) is 5.91 Å². The van der Waals surface area contributed by atoms with Gasteiger partial charge in [-0.15, -0.1) is 0 Å². The van der Waals surface area contributed by atoms with E-state index in [-0.39, 0.29) is 16.7 Å². The zero-order valence-corrected chi connectivity index (χ0v) is 22.5. The fourth-order valence-electron chi connectivity index (χ4n) is 4.43. The van der Waals surface area contributed by atoms with E-state index in [1.54, 1.807) is 12.1 Å². The van der Waals surface area contributed by atoms with Gasteiger partial charge in [-0.05, 0) is 51.1 Å². The molecule has 1 heterocycles. The zero-order valence-electron chi connectivity index (χ0n) is 21.6. The van der Waals surface area contributed by atoms with Crippen molar-refractivity contribution in [1.82, 2.24) is 5.32 Å². The van der Waals surface area contributed by atoms with E-state index in [1.165, 1.54) is 32.4 Å². The normalized spacial score (nSPS) is 16.2. The lowest BCUT2D eigenvalue weighted by atomic mass is 9.89. The largest absolute Gasteiger partial charge is 0.493 e. The molecule has 4 rings (SSSR count). The van der Waals surface area contributed by atoms with E-state index in [0.29, 0.717) is 23.6 Å². The minimum atomic E-state index is -4.13. The van der Waals surface area contributed by atoms with Gasteiger partial charge in [-0.1, -0.05) is 35.9 Å². The number of benzene rings is 3. The average molecular weight is 525 g/mol. The number of carbonyl (C=O) groups is 1. The lowest BCUT2D eigenvalue weighted by Gasteiger charge is -2.38. The highest BCUT2D eigenvalue weighted by atomic mass is 32.2. The number of hydrogen-bond acceptors (Lipinski definition) is 6. The van der Waals surface area contributed by atoms with E-state index in [4.69, 9.17) is 14.2 Å². The molecule has 0 saturated heterocycles. The molecular weight excluding hydrogens is 492 g/mol. The standard InChI is InChI=1S/C28H32N2O6S/c1-19-10-12-20(13-11-19)30(37(32,33)21-14-15-25(34-4)26(16-21)35-5)18-27(31)29-23-17-28(2,3)36-24-9-7-6-8-22(23)24/h6-16,23H,17-18H2,1-5H3,(H,29,31). The molecule has 1 N–H and O–H groups in total. The number of rotatable bonds is 8. The molecule has 0 saturated carbocycles. The molecule has 0 radical (unpaired) electrons. The molecule has 37 heavy (non-hydrogen) atoms. The smallest absolute Gasteiger partial charge is 0.264 e. The van der Waals surface area contributed by atoms with Gasteiger partial charge in [-0.2, -0.15) is 0 Å². The van der Waals surface area contributed by atoms with Crippen LogP contribution >= 0.6 is 0 Å². The number of para-hydroxylation sites is 1. The fraction of sp³-hybridized carbons (Fsp3) is 0.321. The van der Waals surface area contributed by atoms with E-state index < -0.39 is 28.1 Å². The summed E-state index contributed by atoms with van der Waals surface area (Å²) >= 11 is 0. The third-order valence-electron chi connectivity index (χ3n) is 6.26. The Hall–Kier alpha value is -3.72. The summed E-state index contributed by atoms with van der Waals surface area (Å²) in [6.45, 7) is 5.43. The summed E-state index contributed by atoms with van der Waals surface area (Å²) in [7, 11) is -1.22. The minimum Gasteiger partial charge on any atom is -0.493 e. The summed E-state index contributed by atoms with van der Waals surface area (Å²) < 4.78 is 45.4. The number of aryl methyl sites for hydroxylation is 1. The Morgan fingerprint density at radius 1 is 1.03 bits per heavy atom. The molecule has 0 aromatic heterocycles. The molecule has 0 fully saturated rings. The van der Waals surface area contributed by atoms with Crippen molar-refractivity contribution in [3.05, 3.63) is 77.9 Å². The first-order chi connectivity index (χ1) is 17.5. The zero-order chi connectivity index (χ0) is 26.8. The Morgan fingerprint density at radius 3 is 2.38 bits per heavy atom. The van der Waals surface area contributed by atoms with Crippen LogP contribution in [0.2, 0.25) is 0 Å². The predicted octanol–water partition coefficient (Wildman–Crippen LogP) is 4.63. The molecule has 0 spiro atoms. The molecule has 3 aromatic rings. The number of ether oxygens (including phenoxy) is 3. The summed E-state index contributed by atoms with van der Waals surface area (Å²) in [5.41, 5.74) is 1.72. The maximum atomic E-state index is 13.8. The molecule has 1 aliphatic heterocycles. The van der Waals surface area contributed by atoms with Crippen LogP contribution in [0.4, 0.5) is 5.69 Å². The molecule has 1 atom stereocenters. The molecular formula is C28H32N2O6S. The second kappa shape index (κ2) is 10.3. The maximum absolute atomic E-state index is 13.8. The summed E-state index contributed by atoms with van der Waals surface area (Å²) in [6, 6.07) is 18.6. The van der Waals surface area contributed by atoms with Gasteiger partial charge in [-0.3, -0.25) is 9.10 Å². The van der Waals surface area contributed by atoms with Crippen LogP contribution in [-0.2, 0) is 14.8 Å². The average Bonchev–Trinajstić information content (AvgIpc) is 2.86. The van der Waals surface area contributed by atoms with Crippen LogP contribution in [0.25, 0.3) is 0 Å². The van der Waals surface area contributed by atoms with E-state index in [2.05, 4.69) is 5.32 Å². The monoisotopic (exact) mass is 524 g/mol. The van der Waals surface area contributed by atoms with Crippen molar-refractivity contribution in [2.45, 2.75) is 43.7 Å². The highest BCUT2D eigenvalue weighted by Crippen LogP contribution is 2.39. The molecule has 8 nitrogen and oxygen atoms in total. The highest BCUT2D eigenvalue weighted by molar-refractivity contribution is 7.92. The second-order valence-corrected chi connectivity index (χ2v) is 11.5. The van der Waals surface area contributed by atoms with Crippen molar-refractivity contribution in [1.29, 1.82) is 0 Å². The Morgan fingerprint density at radius 2 is 1.70 bits per heavy atom. The van der Waals surface area contributed by atoms with Crippen molar-refractivity contribution in [2.24, 2.45) is 0 Å². The van der Waals surface area contributed by atoms with Crippen LogP contribution in [0.1, 0.15) is 37.4 Å². The van der Waals surface area contributed by atoms with E-state index in [1.807, 2.05) is 57.2 Å². The van der Waals surface area contributed by atoms with Crippen molar-refractivity contribution < 1.29 is 27.4 Å². The van der Waals surface area contributed by atoms with Crippen molar-refractivity contribution >= 4 is 21.6 Å². The number of nitrogens with zero attached hydrogens (tertiary/aromatic N) is 1. The van der Waals surface area contributed by atoms with Crippen LogP contribution in [-0.4, -0.2) is 40.7 Å². The van der Waals surface area contributed by atoms with Gasteiger partial charge in [0, 0.05) is 18.1 Å². The van der Waals surface area contributed by atoms with E-state index in [9.17, 15) is 13.2 Å². The molecule has 1 unspecified atom stereocenters. The third kappa shape index (κ3) is 5.67. The molecule has 0 aliphatic carbocycles. The van der Waals surface area contributed by atoms with Crippen LogP contribution in [0, 0.1) is 6.92 Å². The Kier molecular flexibility index (Phi) is 7.36. The van der Waals surface area contributed by atoms with E-state index in [0.717, 1.165) is 15.4 Å². The fourth-order valence-corrected chi connectivity index (χ4v) is 5.87. The van der Waals surface area contributed by atoms with Gasteiger partial charge in [0.25, 0.3) is 10.0 Å². The first-order valence-electron chi connectivity index (χ1n) is 11.9. The van der Waals surface area contributed by atoms with Crippen LogP contribution < -0.4 is 23.8 Å². The lowest BCUT2D eigenvalue weighted by molar-refractivity contribution is -0.120. The Balaban J connectivity index is 1.67. The van der Waals surface area contributed by atoms with Gasteiger partial charge in [0.05, 0.1) is 30.8 Å². The number of hydrogen-bond donors (Lipinski definition) is 1. The quantitative estimate of drug-likeness (QED) is 0.462. The summed E-state index contributed by atoms with van der Waals surface area (Å²) in [4.78, 5) is 13.4. The number of sulfonamides is 1. The molecule has 1 amide bonds. The third-order valence-corrected chi connectivity index (χ3v) is 8.03. The first-order valence-corrected chi connectivity index (χ1v) is 13.4. The van der Waals surface area contributed by atoms with Crippen molar-refractivity contribution in [3.63, 3.8) is 0 Å². The second-order valence-electron chi connectivity index (χ2n) is 9.59. The Bertz CT molecular complexity index is 1390. The van der Waals surface area contributed by atoms with Gasteiger partial charge in [0.15, 0.2) is 11.5 Å². The number of nitrogens with one attached hydrogen (secondary N) is 1. The molecule has 3 aromatic carbocycles. The molecule has 1 aliphatic rings. The molecule has 0 bridgehead atoms. The molecule has 196 valence electrons. The van der Waals surface area contributed by atoms with Gasteiger partial charge in [0.1, 0.15) is 17.9 Å². The van der Waals surface area contributed by atoms with Crippen LogP contribution in [0.5, 0.6) is 17.2 Å². The summed E-state index contributed by atoms with van der Waals surface area (Å²) in [5.74, 6) is 0.958.